The zero-order chi connectivity index (χ0) is 29.6. The average Bonchev–Trinajstić information content (AvgIpc) is 3.45. The molecule has 1 saturated heterocycles. The Hall–Kier alpha value is -4.38. The van der Waals surface area contributed by atoms with Crippen LogP contribution >= 0.6 is 11.8 Å². The molecule has 4 aromatic rings. The van der Waals surface area contributed by atoms with E-state index in [1.54, 1.807) is 36.2 Å². The molecule has 0 spiro atoms. The van der Waals surface area contributed by atoms with Crippen molar-refractivity contribution in [1.82, 2.24) is 24.6 Å². The molecule has 0 saturated carbocycles. The summed E-state index contributed by atoms with van der Waals surface area (Å²) in [5.74, 6) is 1.81. The molecule has 218 valence electrons. The highest BCUT2D eigenvalue weighted by atomic mass is 32.2. The molecule has 2 heterocycles. The van der Waals surface area contributed by atoms with E-state index in [1.807, 2.05) is 60.0 Å². The van der Waals surface area contributed by atoms with Crippen molar-refractivity contribution < 1.29 is 23.5 Å². The lowest BCUT2D eigenvalue weighted by Gasteiger charge is -2.40. The molecule has 1 aliphatic rings. The van der Waals surface area contributed by atoms with Crippen LogP contribution in [0.25, 0.3) is 17.1 Å². The van der Waals surface area contributed by atoms with Crippen LogP contribution in [0.2, 0.25) is 0 Å². The van der Waals surface area contributed by atoms with Gasteiger partial charge in [-0.1, -0.05) is 36.0 Å². The maximum Gasteiger partial charge on any atom is 0.233 e. The van der Waals surface area contributed by atoms with Gasteiger partial charge >= 0.3 is 0 Å². The summed E-state index contributed by atoms with van der Waals surface area (Å²) in [4.78, 5) is 29.8. The average molecular weight is 590 g/mol. The standard InChI is InChI=1S/C31H32FN5O4S/c1-21-19-35(15-16-36(21)28(38)17-22-7-9-24(32)10-8-22)29(39)20-42-31-34-33-30(23-5-4-6-27(18-23)41-3)37(31)25-11-13-26(40-2)14-12-25/h4-14,18,21H,15-17,19-20H2,1-3H3. The SMILES string of the molecule is COc1ccc(-n2c(SCC(=O)N3CCN(C(=O)Cc4ccc(F)cc4)C(C)C3)nnc2-c2cccc(OC)c2)cc1. The zero-order valence-electron chi connectivity index (χ0n) is 23.7. The van der Waals surface area contributed by atoms with Crippen LogP contribution in [0.1, 0.15) is 12.5 Å². The Bertz CT molecular complexity index is 1540. The zero-order valence-corrected chi connectivity index (χ0v) is 24.5. The number of benzene rings is 3. The Morgan fingerprint density at radius 2 is 1.67 bits per heavy atom. The quantitative estimate of drug-likeness (QED) is 0.266. The maximum atomic E-state index is 13.3. The third-order valence-electron chi connectivity index (χ3n) is 7.19. The summed E-state index contributed by atoms with van der Waals surface area (Å²) in [6.07, 6.45) is 0.199. The molecule has 42 heavy (non-hydrogen) atoms. The third kappa shape index (κ3) is 6.57. The Labute approximate surface area is 248 Å². The van der Waals surface area contributed by atoms with Gasteiger partial charge in [-0.05, 0) is 61.0 Å². The Morgan fingerprint density at radius 1 is 0.929 bits per heavy atom. The number of hydrogen-bond acceptors (Lipinski definition) is 7. The number of thioether (sulfide) groups is 1. The highest BCUT2D eigenvalue weighted by Gasteiger charge is 2.30. The minimum atomic E-state index is -0.330. The molecule has 0 aliphatic carbocycles. The van der Waals surface area contributed by atoms with Gasteiger partial charge in [-0.25, -0.2) is 4.39 Å². The number of carbonyl (C=O) groups is 2. The molecule has 3 aromatic carbocycles. The fourth-order valence-corrected chi connectivity index (χ4v) is 5.78. The van der Waals surface area contributed by atoms with Crippen LogP contribution in [0, 0.1) is 5.82 Å². The van der Waals surface area contributed by atoms with Crippen LogP contribution in [0.4, 0.5) is 4.39 Å². The summed E-state index contributed by atoms with van der Waals surface area (Å²) in [5, 5.41) is 9.48. The Balaban J connectivity index is 1.27. The lowest BCUT2D eigenvalue weighted by molar-refractivity contribution is -0.140. The molecule has 0 radical (unpaired) electrons. The van der Waals surface area contributed by atoms with E-state index in [4.69, 9.17) is 9.47 Å². The van der Waals surface area contributed by atoms with Crippen molar-refractivity contribution in [3.05, 3.63) is 84.2 Å². The second kappa shape index (κ2) is 13.1. The van der Waals surface area contributed by atoms with Gasteiger partial charge in [-0.15, -0.1) is 10.2 Å². The fraction of sp³-hybridized carbons (Fsp3) is 0.290. The molecule has 0 N–H and O–H groups in total. The predicted octanol–water partition coefficient (Wildman–Crippen LogP) is 4.48. The van der Waals surface area contributed by atoms with Crippen LogP contribution < -0.4 is 9.47 Å². The van der Waals surface area contributed by atoms with Crippen molar-refractivity contribution in [2.45, 2.75) is 24.5 Å². The lowest BCUT2D eigenvalue weighted by Crippen LogP contribution is -2.56. The largest absolute Gasteiger partial charge is 0.497 e. The minimum Gasteiger partial charge on any atom is -0.497 e. The molecular formula is C31H32FN5O4S. The van der Waals surface area contributed by atoms with Crippen LogP contribution in [0.3, 0.4) is 0 Å². The number of aromatic nitrogens is 3. The Morgan fingerprint density at radius 3 is 2.36 bits per heavy atom. The summed E-state index contributed by atoms with van der Waals surface area (Å²) in [5.41, 5.74) is 2.42. The number of methoxy groups -OCH3 is 2. The van der Waals surface area contributed by atoms with Crippen molar-refractivity contribution in [1.29, 1.82) is 0 Å². The first-order chi connectivity index (χ1) is 20.4. The number of ether oxygens (including phenoxy) is 2. The molecule has 2 amide bonds. The third-order valence-corrected chi connectivity index (χ3v) is 8.10. The number of piperazine rings is 1. The van der Waals surface area contributed by atoms with Crippen LogP contribution in [0.5, 0.6) is 11.5 Å². The van der Waals surface area contributed by atoms with E-state index < -0.39 is 0 Å². The number of nitrogens with zero attached hydrogens (tertiary/aromatic N) is 5. The second-order valence-electron chi connectivity index (χ2n) is 9.94. The van der Waals surface area contributed by atoms with E-state index in [0.29, 0.717) is 36.4 Å². The highest BCUT2D eigenvalue weighted by molar-refractivity contribution is 7.99. The topological polar surface area (TPSA) is 89.8 Å². The van der Waals surface area contributed by atoms with Gasteiger partial charge in [0, 0.05) is 36.9 Å². The lowest BCUT2D eigenvalue weighted by atomic mass is 10.1. The first-order valence-electron chi connectivity index (χ1n) is 13.5. The minimum absolute atomic E-state index is 0.0340. The summed E-state index contributed by atoms with van der Waals surface area (Å²) in [6.45, 7) is 3.27. The number of carbonyl (C=O) groups excluding carboxylic acids is 2. The summed E-state index contributed by atoms with van der Waals surface area (Å²) in [6, 6.07) is 21.0. The van der Waals surface area contributed by atoms with Gasteiger partial charge in [0.1, 0.15) is 17.3 Å². The highest BCUT2D eigenvalue weighted by Crippen LogP contribution is 2.31. The van der Waals surface area contributed by atoms with Gasteiger partial charge in [0.05, 0.1) is 26.4 Å². The molecule has 5 rings (SSSR count). The molecule has 1 unspecified atom stereocenters. The number of halogens is 1. The summed E-state index contributed by atoms with van der Waals surface area (Å²) >= 11 is 1.31. The van der Waals surface area contributed by atoms with Crippen molar-refractivity contribution in [3.8, 4) is 28.6 Å². The van der Waals surface area contributed by atoms with Gasteiger partial charge < -0.3 is 19.3 Å². The fourth-order valence-electron chi connectivity index (χ4n) is 4.93. The van der Waals surface area contributed by atoms with Crippen molar-refractivity contribution >= 4 is 23.6 Å². The number of rotatable bonds is 9. The molecule has 1 fully saturated rings. The van der Waals surface area contributed by atoms with E-state index >= 15 is 0 Å². The van der Waals surface area contributed by atoms with Crippen LogP contribution in [0.15, 0.2) is 78.0 Å². The number of hydrogen-bond donors (Lipinski definition) is 0. The Kier molecular flexibility index (Phi) is 9.06. The van der Waals surface area contributed by atoms with Gasteiger partial charge in [-0.2, -0.15) is 0 Å². The van der Waals surface area contributed by atoms with E-state index in [0.717, 1.165) is 22.6 Å². The van der Waals surface area contributed by atoms with Crippen LogP contribution in [-0.4, -0.2) is 82.0 Å². The first-order valence-corrected chi connectivity index (χ1v) is 14.5. The second-order valence-corrected chi connectivity index (χ2v) is 10.9. The van der Waals surface area contributed by atoms with Crippen molar-refractivity contribution in [3.63, 3.8) is 0 Å². The first kappa shape index (κ1) is 29.1. The smallest absolute Gasteiger partial charge is 0.233 e. The van der Waals surface area contributed by atoms with E-state index in [1.165, 1.54) is 23.9 Å². The molecule has 11 heteroatoms. The van der Waals surface area contributed by atoms with Crippen molar-refractivity contribution in [2.75, 3.05) is 39.6 Å². The molecular weight excluding hydrogens is 557 g/mol. The molecule has 9 nitrogen and oxygen atoms in total. The van der Waals surface area contributed by atoms with E-state index in [2.05, 4.69) is 10.2 Å². The van der Waals surface area contributed by atoms with E-state index in [9.17, 15) is 14.0 Å². The van der Waals surface area contributed by atoms with Gasteiger partial charge in [0.15, 0.2) is 11.0 Å². The van der Waals surface area contributed by atoms with Crippen molar-refractivity contribution in [2.24, 2.45) is 0 Å². The summed E-state index contributed by atoms with van der Waals surface area (Å²) in [7, 11) is 3.23. The number of amides is 2. The normalized spacial score (nSPS) is 15.0. The van der Waals surface area contributed by atoms with Gasteiger partial charge in [0.2, 0.25) is 11.8 Å². The maximum absolute atomic E-state index is 13.3. The molecule has 0 bridgehead atoms. The predicted molar refractivity (Wildman–Crippen MR) is 158 cm³/mol. The summed E-state index contributed by atoms with van der Waals surface area (Å²) < 4.78 is 25.9. The van der Waals surface area contributed by atoms with E-state index in [-0.39, 0.29) is 35.8 Å². The van der Waals surface area contributed by atoms with Gasteiger partial charge in [0.25, 0.3) is 0 Å². The molecule has 1 aliphatic heterocycles. The monoisotopic (exact) mass is 589 g/mol. The molecule has 1 aromatic heterocycles. The van der Waals surface area contributed by atoms with Crippen LogP contribution in [-0.2, 0) is 16.0 Å². The van der Waals surface area contributed by atoms with Gasteiger partial charge in [-0.3, -0.25) is 14.2 Å². The molecule has 1 atom stereocenters.